The van der Waals surface area contributed by atoms with E-state index in [9.17, 15) is 4.39 Å². The third-order valence-corrected chi connectivity index (χ3v) is 3.60. The molecule has 0 amide bonds. The molecule has 0 saturated carbocycles. The molecule has 1 aliphatic rings. The van der Waals surface area contributed by atoms with Gasteiger partial charge in [-0.25, -0.2) is 4.39 Å². The Hall–Kier alpha value is -1.04. The van der Waals surface area contributed by atoms with Crippen LogP contribution in [0, 0.1) is 11.7 Å². The molecule has 1 saturated heterocycles. The minimum Gasteiger partial charge on any atom is -0.379 e. The maximum atomic E-state index is 12.9. The van der Waals surface area contributed by atoms with Crippen LogP contribution in [-0.4, -0.2) is 49.8 Å². The van der Waals surface area contributed by atoms with Crippen molar-refractivity contribution in [2.75, 3.05) is 39.9 Å². The molecule has 0 aromatic carbocycles. The van der Waals surface area contributed by atoms with Gasteiger partial charge in [0.15, 0.2) is 0 Å². The van der Waals surface area contributed by atoms with Gasteiger partial charge in [0.2, 0.25) is 0 Å². The van der Waals surface area contributed by atoms with Crippen LogP contribution in [0.1, 0.15) is 18.7 Å². The predicted octanol–water partition coefficient (Wildman–Crippen LogP) is 1.45. The van der Waals surface area contributed by atoms with E-state index in [1.165, 1.54) is 12.3 Å². The number of hydrogen-bond donors (Lipinski definition) is 1. The third-order valence-electron chi connectivity index (χ3n) is 3.60. The van der Waals surface area contributed by atoms with Gasteiger partial charge in [-0.3, -0.25) is 9.88 Å². The molecule has 0 spiro atoms. The van der Waals surface area contributed by atoms with Crippen LogP contribution in [0.4, 0.5) is 4.39 Å². The molecule has 1 aliphatic heterocycles. The zero-order valence-electron chi connectivity index (χ0n) is 11.6. The number of nitrogens with one attached hydrogen (secondary N) is 1. The van der Waals surface area contributed by atoms with Crippen LogP contribution in [0.2, 0.25) is 0 Å². The van der Waals surface area contributed by atoms with E-state index < -0.39 is 0 Å². The quantitative estimate of drug-likeness (QED) is 0.876. The second-order valence-electron chi connectivity index (χ2n) is 5.06. The Bertz CT molecular complexity index is 379. The van der Waals surface area contributed by atoms with Crippen molar-refractivity contribution in [3.63, 3.8) is 0 Å². The number of ether oxygens (including phenoxy) is 1. The molecule has 0 aliphatic carbocycles. The van der Waals surface area contributed by atoms with E-state index in [-0.39, 0.29) is 11.9 Å². The summed E-state index contributed by atoms with van der Waals surface area (Å²) in [5.41, 5.74) is 0.893. The van der Waals surface area contributed by atoms with Gasteiger partial charge < -0.3 is 10.1 Å². The first-order valence-corrected chi connectivity index (χ1v) is 6.79. The molecule has 1 fully saturated rings. The maximum absolute atomic E-state index is 12.9. The minimum absolute atomic E-state index is 0.142. The highest BCUT2D eigenvalue weighted by atomic mass is 19.1. The molecular formula is C14H22FN3O. The zero-order chi connectivity index (χ0) is 13.7. The Labute approximate surface area is 114 Å². The fourth-order valence-corrected chi connectivity index (χ4v) is 2.59. The third kappa shape index (κ3) is 3.96. The summed E-state index contributed by atoms with van der Waals surface area (Å²) in [5, 5.41) is 3.28. The van der Waals surface area contributed by atoms with E-state index in [1.54, 1.807) is 6.07 Å². The number of aromatic nitrogens is 1. The molecule has 2 atom stereocenters. The van der Waals surface area contributed by atoms with Gasteiger partial charge in [-0.15, -0.1) is 0 Å². The van der Waals surface area contributed by atoms with E-state index in [0.29, 0.717) is 5.92 Å². The molecule has 1 N–H and O–H groups in total. The first-order valence-electron chi connectivity index (χ1n) is 6.79. The van der Waals surface area contributed by atoms with Crippen molar-refractivity contribution in [2.45, 2.75) is 13.0 Å². The Morgan fingerprint density at radius 1 is 1.42 bits per heavy atom. The van der Waals surface area contributed by atoms with E-state index in [0.717, 1.165) is 38.5 Å². The Morgan fingerprint density at radius 2 is 2.16 bits per heavy atom. The minimum atomic E-state index is -0.292. The summed E-state index contributed by atoms with van der Waals surface area (Å²) in [6, 6.07) is 3.36. The van der Waals surface area contributed by atoms with Gasteiger partial charge in [0.25, 0.3) is 0 Å². The van der Waals surface area contributed by atoms with Crippen LogP contribution >= 0.6 is 0 Å². The fourth-order valence-electron chi connectivity index (χ4n) is 2.59. The van der Waals surface area contributed by atoms with Crippen molar-refractivity contribution in [1.82, 2.24) is 15.2 Å². The van der Waals surface area contributed by atoms with Crippen LogP contribution in [0.3, 0.4) is 0 Å². The van der Waals surface area contributed by atoms with Crippen molar-refractivity contribution in [3.05, 3.63) is 29.8 Å². The van der Waals surface area contributed by atoms with Gasteiger partial charge in [-0.1, -0.05) is 6.92 Å². The van der Waals surface area contributed by atoms with E-state index in [1.807, 2.05) is 7.05 Å². The van der Waals surface area contributed by atoms with Crippen molar-refractivity contribution < 1.29 is 9.13 Å². The highest BCUT2D eigenvalue weighted by Crippen LogP contribution is 2.21. The average Bonchev–Trinajstić information content (AvgIpc) is 2.43. The largest absolute Gasteiger partial charge is 0.379 e. The first kappa shape index (κ1) is 14.4. The zero-order valence-corrected chi connectivity index (χ0v) is 11.6. The molecule has 4 nitrogen and oxygen atoms in total. The SMILES string of the molecule is CNC(c1ccc(F)cn1)C(C)CN1CCOCC1. The second kappa shape index (κ2) is 6.93. The molecule has 2 unspecified atom stereocenters. The topological polar surface area (TPSA) is 37.4 Å². The highest BCUT2D eigenvalue weighted by molar-refractivity contribution is 5.10. The van der Waals surface area contributed by atoms with Gasteiger partial charge in [0.05, 0.1) is 31.1 Å². The van der Waals surface area contributed by atoms with Crippen LogP contribution in [0.25, 0.3) is 0 Å². The molecule has 5 heteroatoms. The van der Waals surface area contributed by atoms with Crippen molar-refractivity contribution in [3.8, 4) is 0 Å². The molecule has 1 aromatic heterocycles. The lowest BCUT2D eigenvalue weighted by Crippen LogP contribution is -2.41. The highest BCUT2D eigenvalue weighted by Gasteiger charge is 2.22. The van der Waals surface area contributed by atoms with Crippen molar-refractivity contribution in [1.29, 1.82) is 0 Å². The summed E-state index contributed by atoms with van der Waals surface area (Å²) >= 11 is 0. The smallest absolute Gasteiger partial charge is 0.141 e. The average molecular weight is 267 g/mol. The van der Waals surface area contributed by atoms with E-state index in [4.69, 9.17) is 4.74 Å². The second-order valence-corrected chi connectivity index (χ2v) is 5.06. The van der Waals surface area contributed by atoms with Gasteiger partial charge in [-0.2, -0.15) is 0 Å². The number of rotatable bonds is 5. The van der Waals surface area contributed by atoms with Crippen molar-refractivity contribution >= 4 is 0 Å². The number of halogens is 1. The summed E-state index contributed by atoms with van der Waals surface area (Å²) in [6.45, 7) is 6.78. The number of morpholine rings is 1. The molecule has 0 radical (unpaired) electrons. The van der Waals surface area contributed by atoms with Gasteiger partial charge >= 0.3 is 0 Å². The van der Waals surface area contributed by atoms with Gasteiger partial charge in [0, 0.05) is 19.6 Å². The number of nitrogens with zero attached hydrogens (tertiary/aromatic N) is 2. The monoisotopic (exact) mass is 267 g/mol. The van der Waals surface area contributed by atoms with Gasteiger partial charge in [-0.05, 0) is 25.1 Å². The molecule has 2 heterocycles. The maximum Gasteiger partial charge on any atom is 0.141 e. The lowest BCUT2D eigenvalue weighted by atomic mass is 9.97. The lowest BCUT2D eigenvalue weighted by molar-refractivity contribution is 0.0291. The summed E-state index contributed by atoms with van der Waals surface area (Å²) in [6.07, 6.45) is 1.28. The fraction of sp³-hybridized carbons (Fsp3) is 0.643. The number of hydrogen-bond acceptors (Lipinski definition) is 4. The lowest BCUT2D eigenvalue weighted by Gasteiger charge is -2.32. The molecule has 106 valence electrons. The number of pyridine rings is 1. The van der Waals surface area contributed by atoms with Gasteiger partial charge in [0.1, 0.15) is 5.82 Å². The van der Waals surface area contributed by atoms with Crippen LogP contribution in [0.15, 0.2) is 18.3 Å². The molecule has 19 heavy (non-hydrogen) atoms. The Morgan fingerprint density at radius 3 is 2.74 bits per heavy atom. The Kier molecular flexibility index (Phi) is 5.24. The van der Waals surface area contributed by atoms with Crippen molar-refractivity contribution in [2.24, 2.45) is 5.92 Å². The normalized spacial score (nSPS) is 20.2. The molecule has 0 bridgehead atoms. The van der Waals surface area contributed by atoms with E-state index in [2.05, 4.69) is 22.1 Å². The standard InChI is InChI=1S/C14H22FN3O/c1-11(10-18-5-7-19-8-6-18)14(16-2)13-4-3-12(15)9-17-13/h3-4,9,11,14,16H,5-8,10H2,1-2H3. The molecule has 1 aromatic rings. The molecule has 2 rings (SSSR count). The van der Waals surface area contributed by atoms with Crippen LogP contribution in [-0.2, 0) is 4.74 Å². The Balaban J connectivity index is 1.97. The molecular weight excluding hydrogens is 245 g/mol. The van der Waals surface area contributed by atoms with Crippen LogP contribution in [0.5, 0.6) is 0 Å². The summed E-state index contributed by atoms with van der Waals surface area (Å²) in [5.74, 6) is 0.112. The van der Waals surface area contributed by atoms with Crippen LogP contribution < -0.4 is 5.32 Å². The first-order chi connectivity index (χ1) is 9.20. The summed E-state index contributed by atoms with van der Waals surface area (Å²) < 4.78 is 18.3. The van der Waals surface area contributed by atoms with E-state index >= 15 is 0 Å². The predicted molar refractivity (Wildman–Crippen MR) is 72.4 cm³/mol. The summed E-state index contributed by atoms with van der Waals surface area (Å²) in [4.78, 5) is 6.59. The summed E-state index contributed by atoms with van der Waals surface area (Å²) in [7, 11) is 1.92.